The molecular formula is C16H19N3O4S. The van der Waals surface area contributed by atoms with Crippen LogP contribution >= 0.6 is 0 Å². The maximum Gasteiger partial charge on any atom is 0.308 e. The smallest absolute Gasteiger partial charge is 0.308 e. The number of esters is 1. The summed E-state index contributed by atoms with van der Waals surface area (Å²) in [7, 11) is -1.82. The maximum absolute atomic E-state index is 11.8. The van der Waals surface area contributed by atoms with Crippen LogP contribution in [0.3, 0.4) is 0 Å². The van der Waals surface area contributed by atoms with Crippen molar-refractivity contribution >= 4 is 15.8 Å². The summed E-state index contributed by atoms with van der Waals surface area (Å²) < 4.78 is 30.0. The third-order valence-corrected chi connectivity index (χ3v) is 5.45. The molecule has 8 heteroatoms. The SMILES string of the molecule is COC(=O)C1CCc2nnc(-c3ccc(S(C)(=O)=O)cc3)n2CC1. The van der Waals surface area contributed by atoms with Gasteiger partial charge in [0.25, 0.3) is 0 Å². The minimum absolute atomic E-state index is 0.128. The van der Waals surface area contributed by atoms with E-state index in [9.17, 15) is 13.2 Å². The van der Waals surface area contributed by atoms with Crippen LogP contribution < -0.4 is 0 Å². The molecule has 0 aliphatic carbocycles. The van der Waals surface area contributed by atoms with Gasteiger partial charge in [0.15, 0.2) is 15.7 Å². The van der Waals surface area contributed by atoms with Crippen molar-refractivity contribution in [3.63, 3.8) is 0 Å². The summed E-state index contributed by atoms with van der Waals surface area (Å²) >= 11 is 0. The Morgan fingerprint density at radius 1 is 1.21 bits per heavy atom. The van der Waals surface area contributed by atoms with Crippen molar-refractivity contribution in [3.8, 4) is 11.4 Å². The number of sulfone groups is 1. The lowest BCUT2D eigenvalue weighted by Gasteiger charge is -2.11. The second-order valence-electron chi connectivity index (χ2n) is 5.94. The highest BCUT2D eigenvalue weighted by atomic mass is 32.2. The summed E-state index contributed by atoms with van der Waals surface area (Å²) in [6.45, 7) is 0.630. The Bertz CT molecular complexity index is 856. The quantitative estimate of drug-likeness (QED) is 0.780. The molecule has 0 fully saturated rings. The monoisotopic (exact) mass is 349 g/mol. The summed E-state index contributed by atoms with van der Waals surface area (Å²) in [5.74, 6) is 1.21. The number of aromatic nitrogens is 3. The van der Waals surface area contributed by atoms with Crippen molar-refractivity contribution in [2.75, 3.05) is 13.4 Å². The molecule has 3 rings (SSSR count). The molecule has 1 atom stereocenters. The first-order valence-corrected chi connectivity index (χ1v) is 9.59. The van der Waals surface area contributed by atoms with Crippen LogP contribution in [-0.4, -0.2) is 42.5 Å². The minimum atomic E-state index is -3.23. The first kappa shape index (κ1) is 16.6. The molecule has 0 bridgehead atoms. The molecule has 0 spiro atoms. The Hall–Kier alpha value is -2.22. The summed E-state index contributed by atoms with van der Waals surface area (Å²) in [5, 5.41) is 8.47. The number of aryl methyl sites for hydroxylation is 1. The van der Waals surface area contributed by atoms with Gasteiger partial charge in [-0.1, -0.05) is 0 Å². The molecule has 1 aliphatic rings. The molecule has 0 radical (unpaired) electrons. The Morgan fingerprint density at radius 2 is 1.92 bits per heavy atom. The third-order valence-electron chi connectivity index (χ3n) is 4.32. The van der Waals surface area contributed by atoms with E-state index in [4.69, 9.17) is 4.74 Å². The molecular weight excluding hydrogens is 330 g/mol. The summed E-state index contributed by atoms with van der Waals surface area (Å²) in [6.07, 6.45) is 3.20. The topological polar surface area (TPSA) is 91.2 Å². The average molecular weight is 349 g/mol. The zero-order valence-electron chi connectivity index (χ0n) is 13.6. The number of benzene rings is 1. The number of rotatable bonds is 3. The highest BCUT2D eigenvalue weighted by Gasteiger charge is 2.25. The van der Waals surface area contributed by atoms with Gasteiger partial charge in [0, 0.05) is 24.8 Å². The third kappa shape index (κ3) is 3.19. The number of carbonyl (C=O) groups excluding carboxylic acids is 1. The number of nitrogens with zero attached hydrogens (tertiary/aromatic N) is 3. The number of fused-ring (bicyclic) bond motifs is 1. The Kier molecular flexibility index (Phi) is 4.40. The highest BCUT2D eigenvalue weighted by molar-refractivity contribution is 7.90. The van der Waals surface area contributed by atoms with E-state index >= 15 is 0 Å². The number of hydrogen-bond acceptors (Lipinski definition) is 6. The molecule has 7 nitrogen and oxygen atoms in total. The molecule has 1 aliphatic heterocycles. The lowest BCUT2D eigenvalue weighted by Crippen LogP contribution is -2.16. The van der Waals surface area contributed by atoms with Crippen LogP contribution in [0.25, 0.3) is 11.4 Å². The van der Waals surface area contributed by atoms with Crippen molar-refractivity contribution in [2.45, 2.75) is 30.7 Å². The summed E-state index contributed by atoms with van der Waals surface area (Å²) in [5.41, 5.74) is 0.803. The van der Waals surface area contributed by atoms with Gasteiger partial charge in [-0.05, 0) is 37.1 Å². The van der Waals surface area contributed by atoms with Gasteiger partial charge in [-0.15, -0.1) is 10.2 Å². The number of hydrogen-bond donors (Lipinski definition) is 0. The molecule has 128 valence electrons. The number of carbonyl (C=O) groups is 1. The van der Waals surface area contributed by atoms with E-state index in [1.165, 1.54) is 13.4 Å². The van der Waals surface area contributed by atoms with Crippen LogP contribution in [0, 0.1) is 5.92 Å². The lowest BCUT2D eigenvalue weighted by atomic mass is 10.0. The predicted octanol–water partition coefficient (Wildman–Crippen LogP) is 1.47. The van der Waals surface area contributed by atoms with Crippen molar-refractivity contribution in [3.05, 3.63) is 30.1 Å². The van der Waals surface area contributed by atoms with E-state index < -0.39 is 9.84 Å². The van der Waals surface area contributed by atoms with E-state index in [2.05, 4.69) is 10.2 Å². The van der Waals surface area contributed by atoms with Crippen LogP contribution in [-0.2, 0) is 32.3 Å². The fourth-order valence-electron chi connectivity index (χ4n) is 2.95. The molecule has 0 N–H and O–H groups in total. The van der Waals surface area contributed by atoms with E-state index in [1.54, 1.807) is 24.3 Å². The standard InChI is InChI=1S/C16H19N3O4S/c1-23-16(20)12-5-8-14-17-18-15(19(14)10-9-12)11-3-6-13(7-4-11)24(2,21)22/h3-4,6-7,12H,5,8-10H2,1-2H3. The van der Waals surface area contributed by atoms with E-state index in [0.29, 0.717) is 31.6 Å². The average Bonchev–Trinajstić information content (AvgIpc) is 2.85. The van der Waals surface area contributed by atoms with Gasteiger partial charge < -0.3 is 9.30 Å². The first-order valence-electron chi connectivity index (χ1n) is 7.70. The summed E-state index contributed by atoms with van der Waals surface area (Å²) in [6, 6.07) is 6.60. The number of methoxy groups -OCH3 is 1. The normalized spacial score (nSPS) is 17.8. The molecule has 0 saturated heterocycles. The Balaban J connectivity index is 1.88. The molecule has 1 unspecified atom stereocenters. The lowest BCUT2D eigenvalue weighted by molar-refractivity contribution is -0.145. The van der Waals surface area contributed by atoms with Gasteiger partial charge in [-0.2, -0.15) is 0 Å². The van der Waals surface area contributed by atoms with Gasteiger partial charge in [-0.3, -0.25) is 4.79 Å². The zero-order valence-corrected chi connectivity index (χ0v) is 14.4. The van der Waals surface area contributed by atoms with Crippen molar-refractivity contribution in [2.24, 2.45) is 5.92 Å². The fraction of sp³-hybridized carbons (Fsp3) is 0.438. The van der Waals surface area contributed by atoms with E-state index in [-0.39, 0.29) is 16.8 Å². The van der Waals surface area contributed by atoms with Crippen molar-refractivity contribution < 1.29 is 17.9 Å². The molecule has 0 saturated carbocycles. The first-order chi connectivity index (χ1) is 11.4. The van der Waals surface area contributed by atoms with Gasteiger partial charge in [0.05, 0.1) is 17.9 Å². The van der Waals surface area contributed by atoms with Gasteiger partial charge in [0.2, 0.25) is 0 Å². The molecule has 2 aromatic rings. The highest BCUT2D eigenvalue weighted by Crippen LogP contribution is 2.26. The molecule has 1 aromatic heterocycles. The van der Waals surface area contributed by atoms with Crippen LogP contribution in [0.5, 0.6) is 0 Å². The molecule has 24 heavy (non-hydrogen) atoms. The van der Waals surface area contributed by atoms with Gasteiger partial charge in [0.1, 0.15) is 5.82 Å². The largest absolute Gasteiger partial charge is 0.469 e. The molecule has 2 heterocycles. The van der Waals surface area contributed by atoms with Crippen molar-refractivity contribution in [1.29, 1.82) is 0 Å². The van der Waals surface area contributed by atoms with Crippen molar-refractivity contribution in [1.82, 2.24) is 14.8 Å². The van der Waals surface area contributed by atoms with Crippen LogP contribution in [0.2, 0.25) is 0 Å². The van der Waals surface area contributed by atoms with E-state index in [0.717, 1.165) is 11.4 Å². The fourth-order valence-corrected chi connectivity index (χ4v) is 3.59. The minimum Gasteiger partial charge on any atom is -0.469 e. The maximum atomic E-state index is 11.8. The summed E-state index contributed by atoms with van der Waals surface area (Å²) in [4.78, 5) is 12.0. The second-order valence-corrected chi connectivity index (χ2v) is 7.95. The zero-order chi connectivity index (χ0) is 17.3. The van der Waals surface area contributed by atoms with Gasteiger partial charge in [-0.25, -0.2) is 8.42 Å². The van der Waals surface area contributed by atoms with Crippen LogP contribution in [0.15, 0.2) is 29.2 Å². The van der Waals surface area contributed by atoms with E-state index in [1.807, 2.05) is 4.57 Å². The van der Waals surface area contributed by atoms with Crippen LogP contribution in [0.1, 0.15) is 18.7 Å². The Morgan fingerprint density at radius 3 is 2.54 bits per heavy atom. The Labute approximate surface area is 140 Å². The number of ether oxygens (including phenoxy) is 1. The molecule has 0 amide bonds. The van der Waals surface area contributed by atoms with Crippen LogP contribution in [0.4, 0.5) is 0 Å². The molecule has 1 aromatic carbocycles. The predicted molar refractivity (Wildman–Crippen MR) is 87.0 cm³/mol. The second kappa shape index (κ2) is 6.35. The van der Waals surface area contributed by atoms with Gasteiger partial charge >= 0.3 is 5.97 Å².